The fraction of sp³-hybridized carbons (Fsp3) is 0.800. The van der Waals surface area contributed by atoms with Gasteiger partial charge in [-0.25, -0.2) is 0 Å². The van der Waals surface area contributed by atoms with Gasteiger partial charge in [-0.2, -0.15) is 0 Å². The predicted molar refractivity (Wildman–Crippen MR) is 48.4 cm³/mol. The Labute approximate surface area is 70.1 Å². The number of hydrogen-bond acceptors (Lipinski definition) is 1. The van der Waals surface area contributed by atoms with Gasteiger partial charge in [0, 0.05) is 13.5 Å². The molecule has 1 nitrogen and oxygen atoms in total. The summed E-state index contributed by atoms with van der Waals surface area (Å²) in [4.78, 5) is 0. The predicted octanol–water partition coefficient (Wildman–Crippen LogP) is 2.61. The van der Waals surface area contributed by atoms with Crippen molar-refractivity contribution in [3.63, 3.8) is 0 Å². The molecule has 0 saturated heterocycles. The molecule has 0 aromatic carbocycles. The van der Waals surface area contributed by atoms with Gasteiger partial charge < -0.3 is 4.74 Å². The van der Waals surface area contributed by atoms with E-state index < -0.39 is 0 Å². The highest BCUT2D eigenvalue weighted by atomic mass is 16.5. The third-order valence-corrected chi connectivity index (χ3v) is 1.89. The summed E-state index contributed by atoms with van der Waals surface area (Å²) in [6, 6.07) is 0. The van der Waals surface area contributed by atoms with E-state index in [1.807, 2.05) is 0 Å². The summed E-state index contributed by atoms with van der Waals surface area (Å²) < 4.78 is 5.23. The van der Waals surface area contributed by atoms with Gasteiger partial charge in [-0.05, 0) is 25.7 Å². The zero-order chi connectivity index (χ0) is 8.53. The van der Waals surface area contributed by atoms with Crippen LogP contribution in [-0.2, 0) is 4.74 Å². The molecule has 1 heteroatoms. The van der Waals surface area contributed by atoms with Gasteiger partial charge in [0.25, 0.3) is 0 Å². The van der Waals surface area contributed by atoms with Crippen LogP contribution in [0.5, 0.6) is 0 Å². The Morgan fingerprint density at radius 3 is 2.64 bits per heavy atom. The van der Waals surface area contributed by atoms with Crippen LogP contribution in [0.4, 0.5) is 0 Å². The average Bonchev–Trinajstić information content (AvgIpc) is 2.05. The number of terminal acetylenes is 1. The summed E-state index contributed by atoms with van der Waals surface area (Å²) in [5, 5.41) is 0. The monoisotopic (exact) mass is 154 g/mol. The van der Waals surface area contributed by atoms with Gasteiger partial charge in [0.15, 0.2) is 0 Å². The van der Waals surface area contributed by atoms with E-state index in [0.29, 0.717) is 6.10 Å². The Balaban J connectivity index is 3.16. The normalized spacial score (nSPS) is 12.5. The standard InChI is InChI=1S/C10H18O/c1-4-6-7-8-9-10(5-2)11-3/h1,10H,5-9H2,2-3H3. The van der Waals surface area contributed by atoms with Crippen LogP contribution < -0.4 is 0 Å². The maximum Gasteiger partial charge on any atom is 0.0568 e. The van der Waals surface area contributed by atoms with Crippen LogP contribution >= 0.6 is 0 Å². The molecule has 0 saturated carbocycles. The van der Waals surface area contributed by atoms with E-state index in [1.165, 1.54) is 6.42 Å². The maximum absolute atomic E-state index is 5.23. The van der Waals surface area contributed by atoms with E-state index >= 15 is 0 Å². The first kappa shape index (κ1) is 10.5. The number of ether oxygens (including phenoxy) is 1. The summed E-state index contributed by atoms with van der Waals surface area (Å²) >= 11 is 0. The Morgan fingerprint density at radius 2 is 2.18 bits per heavy atom. The lowest BCUT2D eigenvalue weighted by Crippen LogP contribution is -2.07. The second-order valence-corrected chi connectivity index (χ2v) is 2.72. The smallest absolute Gasteiger partial charge is 0.0568 e. The van der Waals surface area contributed by atoms with Crippen molar-refractivity contribution in [1.29, 1.82) is 0 Å². The van der Waals surface area contributed by atoms with Gasteiger partial charge in [-0.1, -0.05) is 6.92 Å². The van der Waals surface area contributed by atoms with Crippen molar-refractivity contribution in [1.82, 2.24) is 0 Å². The molecule has 0 heterocycles. The summed E-state index contributed by atoms with van der Waals surface area (Å²) in [6.45, 7) is 2.15. The number of rotatable bonds is 6. The van der Waals surface area contributed by atoms with Crippen LogP contribution in [0.1, 0.15) is 39.0 Å². The van der Waals surface area contributed by atoms with Gasteiger partial charge in [0.1, 0.15) is 0 Å². The minimum absolute atomic E-state index is 0.438. The quantitative estimate of drug-likeness (QED) is 0.422. The summed E-state index contributed by atoms with van der Waals surface area (Å²) in [5.74, 6) is 2.64. The van der Waals surface area contributed by atoms with Crippen LogP contribution in [0.15, 0.2) is 0 Å². The SMILES string of the molecule is C#CCCCCC(CC)OC. The van der Waals surface area contributed by atoms with Crippen LogP contribution in [0.2, 0.25) is 0 Å². The van der Waals surface area contributed by atoms with Crippen molar-refractivity contribution >= 4 is 0 Å². The van der Waals surface area contributed by atoms with Crippen molar-refractivity contribution < 1.29 is 4.74 Å². The molecule has 0 aliphatic rings. The number of methoxy groups -OCH3 is 1. The molecule has 0 spiro atoms. The number of hydrogen-bond donors (Lipinski definition) is 0. The zero-order valence-corrected chi connectivity index (χ0v) is 7.60. The van der Waals surface area contributed by atoms with E-state index in [-0.39, 0.29) is 0 Å². The lowest BCUT2D eigenvalue weighted by atomic mass is 10.1. The van der Waals surface area contributed by atoms with Crippen LogP contribution in [0.25, 0.3) is 0 Å². The van der Waals surface area contributed by atoms with E-state index in [4.69, 9.17) is 11.2 Å². The zero-order valence-electron chi connectivity index (χ0n) is 7.60. The minimum atomic E-state index is 0.438. The highest BCUT2D eigenvalue weighted by Gasteiger charge is 2.01. The van der Waals surface area contributed by atoms with E-state index in [9.17, 15) is 0 Å². The average molecular weight is 154 g/mol. The summed E-state index contributed by atoms with van der Waals surface area (Å²) in [6.07, 6.45) is 11.0. The molecule has 0 aromatic rings. The van der Waals surface area contributed by atoms with Crippen molar-refractivity contribution in [3.05, 3.63) is 0 Å². The third kappa shape index (κ3) is 5.94. The van der Waals surface area contributed by atoms with Crippen LogP contribution in [0.3, 0.4) is 0 Å². The molecule has 0 bridgehead atoms. The first-order valence-electron chi connectivity index (χ1n) is 4.31. The Hall–Kier alpha value is -0.480. The van der Waals surface area contributed by atoms with Crippen molar-refractivity contribution in [2.24, 2.45) is 0 Å². The van der Waals surface area contributed by atoms with E-state index in [1.54, 1.807) is 7.11 Å². The van der Waals surface area contributed by atoms with Crippen LogP contribution in [-0.4, -0.2) is 13.2 Å². The topological polar surface area (TPSA) is 9.23 Å². The molecular formula is C10H18O. The van der Waals surface area contributed by atoms with Crippen molar-refractivity contribution in [2.45, 2.75) is 45.1 Å². The lowest BCUT2D eigenvalue weighted by molar-refractivity contribution is 0.0900. The van der Waals surface area contributed by atoms with Gasteiger partial charge in [-0.3, -0.25) is 0 Å². The molecule has 0 aliphatic carbocycles. The van der Waals surface area contributed by atoms with E-state index in [0.717, 1.165) is 25.7 Å². The molecule has 0 amide bonds. The third-order valence-electron chi connectivity index (χ3n) is 1.89. The highest BCUT2D eigenvalue weighted by molar-refractivity contribution is 4.82. The largest absolute Gasteiger partial charge is 0.381 e. The molecule has 0 aliphatic heterocycles. The first-order chi connectivity index (χ1) is 5.35. The first-order valence-corrected chi connectivity index (χ1v) is 4.31. The summed E-state index contributed by atoms with van der Waals surface area (Å²) in [7, 11) is 1.77. The molecular weight excluding hydrogens is 136 g/mol. The molecule has 64 valence electrons. The fourth-order valence-corrected chi connectivity index (χ4v) is 1.09. The van der Waals surface area contributed by atoms with E-state index in [2.05, 4.69) is 12.8 Å². The molecule has 11 heavy (non-hydrogen) atoms. The molecule has 1 unspecified atom stereocenters. The number of unbranched alkanes of at least 4 members (excludes halogenated alkanes) is 2. The molecule has 0 N–H and O–H groups in total. The fourth-order valence-electron chi connectivity index (χ4n) is 1.09. The second-order valence-electron chi connectivity index (χ2n) is 2.72. The van der Waals surface area contributed by atoms with Gasteiger partial charge in [0.05, 0.1) is 6.10 Å². The van der Waals surface area contributed by atoms with Crippen LogP contribution in [0, 0.1) is 12.3 Å². The van der Waals surface area contributed by atoms with Crippen molar-refractivity contribution in [2.75, 3.05) is 7.11 Å². The minimum Gasteiger partial charge on any atom is -0.381 e. The lowest BCUT2D eigenvalue weighted by Gasteiger charge is -2.11. The molecule has 0 radical (unpaired) electrons. The molecule has 0 aromatic heterocycles. The molecule has 1 atom stereocenters. The summed E-state index contributed by atoms with van der Waals surface area (Å²) in [5.41, 5.74) is 0. The molecule has 0 fully saturated rings. The Kier molecular flexibility index (Phi) is 7.29. The second kappa shape index (κ2) is 7.63. The van der Waals surface area contributed by atoms with Gasteiger partial charge >= 0.3 is 0 Å². The molecule has 0 rings (SSSR count). The highest BCUT2D eigenvalue weighted by Crippen LogP contribution is 2.08. The van der Waals surface area contributed by atoms with Crippen molar-refractivity contribution in [3.8, 4) is 12.3 Å². The Bertz CT molecular complexity index is 109. The van der Waals surface area contributed by atoms with Gasteiger partial charge in [0.2, 0.25) is 0 Å². The maximum atomic E-state index is 5.23. The van der Waals surface area contributed by atoms with Gasteiger partial charge in [-0.15, -0.1) is 12.3 Å². The Morgan fingerprint density at radius 1 is 1.45 bits per heavy atom.